The van der Waals surface area contributed by atoms with E-state index in [1.807, 2.05) is 0 Å². The number of hydrogen-bond acceptors (Lipinski definition) is 3. The Morgan fingerprint density at radius 2 is 1.94 bits per heavy atom. The molecule has 0 aliphatic carbocycles. The van der Waals surface area contributed by atoms with Gasteiger partial charge in [-0.15, -0.1) is 0 Å². The Labute approximate surface area is 100 Å². The predicted octanol–water partition coefficient (Wildman–Crippen LogP) is 1.86. The van der Waals surface area contributed by atoms with Crippen LogP contribution in [0.4, 0.5) is 0 Å². The number of hydrogen-bond donors (Lipinski definition) is 1. The Kier molecular flexibility index (Phi) is 5.73. The summed E-state index contributed by atoms with van der Waals surface area (Å²) in [6, 6.07) is 0. The van der Waals surface area contributed by atoms with Crippen molar-refractivity contribution >= 4 is 0 Å². The lowest BCUT2D eigenvalue weighted by Gasteiger charge is -2.36. The van der Waals surface area contributed by atoms with Crippen molar-refractivity contribution in [3.05, 3.63) is 0 Å². The van der Waals surface area contributed by atoms with E-state index < -0.39 is 0 Å². The average molecular weight is 228 g/mol. The molecule has 0 radical (unpaired) electrons. The van der Waals surface area contributed by atoms with Gasteiger partial charge in [-0.3, -0.25) is 0 Å². The standard InChI is InChI=1S/C13H28N2O/c1-13(2,7-8-14)15(3)9-4-12-5-10-16-11-6-12/h12H,4-11,14H2,1-3H3. The zero-order valence-electron chi connectivity index (χ0n) is 11.2. The van der Waals surface area contributed by atoms with Crippen molar-refractivity contribution < 1.29 is 4.74 Å². The van der Waals surface area contributed by atoms with Gasteiger partial charge in [0.15, 0.2) is 0 Å². The molecule has 3 heteroatoms. The van der Waals surface area contributed by atoms with Gasteiger partial charge in [-0.25, -0.2) is 0 Å². The second kappa shape index (κ2) is 6.58. The van der Waals surface area contributed by atoms with Crippen molar-refractivity contribution in [3.63, 3.8) is 0 Å². The summed E-state index contributed by atoms with van der Waals surface area (Å²) in [4.78, 5) is 2.45. The molecule has 0 aromatic rings. The van der Waals surface area contributed by atoms with E-state index in [-0.39, 0.29) is 5.54 Å². The van der Waals surface area contributed by atoms with E-state index in [0.717, 1.165) is 32.1 Å². The molecule has 0 amide bonds. The first-order valence-corrected chi connectivity index (χ1v) is 6.55. The number of nitrogens with zero attached hydrogens (tertiary/aromatic N) is 1. The summed E-state index contributed by atoms with van der Waals surface area (Å²) >= 11 is 0. The molecule has 1 rings (SSSR count). The minimum absolute atomic E-state index is 0.236. The first-order valence-electron chi connectivity index (χ1n) is 6.55. The van der Waals surface area contributed by atoms with Gasteiger partial charge in [-0.2, -0.15) is 0 Å². The SMILES string of the molecule is CN(CCC1CCOCC1)C(C)(C)CCN. The van der Waals surface area contributed by atoms with Crippen LogP contribution in [0.5, 0.6) is 0 Å². The maximum absolute atomic E-state index is 5.65. The molecule has 0 unspecified atom stereocenters. The molecule has 1 saturated heterocycles. The van der Waals surface area contributed by atoms with Crippen molar-refractivity contribution in [2.45, 2.75) is 45.1 Å². The molecule has 3 nitrogen and oxygen atoms in total. The predicted molar refractivity (Wildman–Crippen MR) is 68.5 cm³/mol. The fourth-order valence-corrected chi connectivity index (χ4v) is 2.26. The highest BCUT2D eigenvalue weighted by Gasteiger charge is 2.23. The van der Waals surface area contributed by atoms with E-state index in [2.05, 4.69) is 25.8 Å². The summed E-state index contributed by atoms with van der Waals surface area (Å²) in [6.07, 6.45) is 4.85. The Bertz CT molecular complexity index is 188. The third-order valence-electron chi connectivity index (χ3n) is 4.00. The summed E-state index contributed by atoms with van der Waals surface area (Å²) < 4.78 is 5.38. The Balaban J connectivity index is 2.25. The summed E-state index contributed by atoms with van der Waals surface area (Å²) in [5.41, 5.74) is 5.88. The summed E-state index contributed by atoms with van der Waals surface area (Å²) in [6.45, 7) is 8.43. The second-order valence-corrected chi connectivity index (χ2v) is 5.62. The van der Waals surface area contributed by atoms with Crippen molar-refractivity contribution in [2.24, 2.45) is 11.7 Å². The molecule has 0 atom stereocenters. The molecule has 96 valence electrons. The lowest BCUT2D eigenvalue weighted by Crippen LogP contribution is -2.43. The Morgan fingerprint density at radius 3 is 2.50 bits per heavy atom. The van der Waals surface area contributed by atoms with E-state index in [9.17, 15) is 0 Å². The summed E-state index contributed by atoms with van der Waals surface area (Å²) in [5, 5.41) is 0. The molecule has 1 aliphatic rings. The molecule has 0 bridgehead atoms. The normalized spacial score (nSPS) is 19.3. The molecular formula is C13H28N2O. The smallest absolute Gasteiger partial charge is 0.0468 e. The fraction of sp³-hybridized carbons (Fsp3) is 1.00. The van der Waals surface area contributed by atoms with Crippen LogP contribution in [0.1, 0.15) is 39.5 Å². The van der Waals surface area contributed by atoms with E-state index >= 15 is 0 Å². The number of rotatable bonds is 6. The molecule has 16 heavy (non-hydrogen) atoms. The first kappa shape index (κ1) is 13.9. The molecular weight excluding hydrogens is 200 g/mol. The molecule has 0 saturated carbocycles. The third kappa shape index (κ3) is 4.40. The van der Waals surface area contributed by atoms with Crippen LogP contribution in [0, 0.1) is 5.92 Å². The average Bonchev–Trinajstić information content (AvgIpc) is 2.27. The van der Waals surface area contributed by atoms with Crippen LogP contribution < -0.4 is 5.73 Å². The van der Waals surface area contributed by atoms with Crippen LogP contribution in [0.15, 0.2) is 0 Å². The molecule has 1 heterocycles. The van der Waals surface area contributed by atoms with Gasteiger partial charge in [-0.1, -0.05) is 0 Å². The molecule has 0 aromatic heterocycles. The van der Waals surface area contributed by atoms with Crippen molar-refractivity contribution in [1.29, 1.82) is 0 Å². The van der Waals surface area contributed by atoms with Crippen LogP contribution in [0.25, 0.3) is 0 Å². The summed E-state index contributed by atoms with van der Waals surface area (Å²) in [7, 11) is 2.22. The van der Waals surface area contributed by atoms with Crippen LogP contribution in [0.3, 0.4) is 0 Å². The molecule has 0 spiro atoms. The van der Waals surface area contributed by atoms with Gasteiger partial charge in [0, 0.05) is 18.8 Å². The monoisotopic (exact) mass is 228 g/mol. The van der Waals surface area contributed by atoms with Gasteiger partial charge in [0.2, 0.25) is 0 Å². The number of nitrogens with two attached hydrogens (primary N) is 1. The molecule has 2 N–H and O–H groups in total. The highest BCUT2D eigenvalue weighted by molar-refractivity contribution is 4.80. The summed E-state index contributed by atoms with van der Waals surface area (Å²) in [5.74, 6) is 0.866. The van der Waals surface area contributed by atoms with Gasteiger partial charge in [0.05, 0.1) is 0 Å². The second-order valence-electron chi connectivity index (χ2n) is 5.62. The van der Waals surface area contributed by atoms with Crippen molar-refractivity contribution in [2.75, 3.05) is 33.4 Å². The van der Waals surface area contributed by atoms with Gasteiger partial charge in [-0.05, 0) is 65.6 Å². The zero-order chi connectivity index (χ0) is 12.0. The van der Waals surface area contributed by atoms with Gasteiger partial charge in [0.25, 0.3) is 0 Å². The van der Waals surface area contributed by atoms with Crippen LogP contribution in [-0.4, -0.2) is 43.8 Å². The fourth-order valence-electron chi connectivity index (χ4n) is 2.26. The van der Waals surface area contributed by atoms with E-state index in [1.165, 1.54) is 25.8 Å². The molecule has 1 aliphatic heterocycles. The maximum Gasteiger partial charge on any atom is 0.0468 e. The highest BCUT2D eigenvalue weighted by Crippen LogP contribution is 2.22. The Morgan fingerprint density at radius 1 is 1.31 bits per heavy atom. The van der Waals surface area contributed by atoms with Crippen molar-refractivity contribution in [1.82, 2.24) is 4.90 Å². The largest absolute Gasteiger partial charge is 0.381 e. The topological polar surface area (TPSA) is 38.5 Å². The molecule has 0 aromatic carbocycles. The first-order chi connectivity index (χ1) is 7.56. The van der Waals surface area contributed by atoms with Crippen LogP contribution in [0.2, 0.25) is 0 Å². The minimum atomic E-state index is 0.236. The van der Waals surface area contributed by atoms with Gasteiger partial charge in [0.1, 0.15) is 0 Å². The van der Waals surface area contributed by atoms with Gasteiger partial charge < -0.3 is 15.4 Å². The number of ether oxygens (including phenoxy) is 1. The van der Waals surface area contributed by atoms with Crippen LogP contribution in [-0.2, 0) is 4.74 Å². The Hall–Kier alpha value is -0.120. The lowest BCUT2D eigenvalue weighted by molar-refractivity contribution is 0.0550. The van der Waals surface area contributed by atoms with Gasteiger partial charge >= 0.3 is 0 Å². The van der Waals surface area contributed by atoms with Crippen molar-refractivity contribution in [3.8, 4) is 0 Å². The van der Waals surface area contributed by atoms with Crippen LogP contribution >= 0.6 is 0 Å². The van der Waals surface area contributed by atoms with E-state index in [1.54, 1.807) is 0 Å². The highest BCUT2D eigenvalue weighted by atomic mass is 16.5. The third-order valence-corrected chi connectivity index (χ3v) is 4.00. The van der Waals surface area contributed by atoms with E-state index in [0.29, 0.717) is 0 Å². The molecule has 1 fully saturated rings. The zero-order valence-corrected chi connectivity index (χ0v) is 11.2. The minimum Gasteiger partial charge on any atom is -0.381 e. The lowest BCUT2D eigenvalue weighted by atomic mass is 9.94. The maximum atomic E-state index is 5.65. The quantitative estimate of drug-likeness (QED) is 0.754. The van der Waals surface area contributed by atoms with E-state index in [4.69, 9.17) is 10.5 Å².